The van der Waals surface area contributed by atoms with Crippen LogP contribution in [0.25, 0.3) is 11.0 Å². The van der Waals surface area contributed by atoms with Gasteiger partial charge in [-0.1, -0.05) is 17.3 Å². The molecular weight excluding hydrogens is 419 g/mol. The van der Waals surface area contributed by atoms with Crippen LogP contribution in [-0.4, -0.2) is 34.1 Å². The first kappa shape index (κ1) is 22.5. The van der Waals surface area contributed by atoms with E-state index in [0.29, 0.717) is 37.4 Å². The molecule has 0 unspecified atom stereocenters. The van der Waals surface area contributed by atoms with Crippen molar-refractivity contribution in [3.8, 4) is 5.75 Å². The largest absolute Gasteiger partial charge is 0.494 e. The van der Waals surface area contributed by atoms with Gasteiger partial charge >= 0.3 is 0 Å². The molecule has 1 heterocycles. The summed E-state index contributed by atoms with van der Waals surface area (Å²) in [5, 5.41) is 11.4. The van der Waals surface area contributed by atoms with E-state index in [2.05, 4.69) is 41.6 Å². The number of ether oxygens (including phenoxy) is 1. The standard InChI is InChI=1S/C26H27FN4O2/c1-18-16-24-25(17-19(18)2)31(30-29-24)14-3-15-33-23-10-6-21(7-11-23)26(32)28-13-12-20-4-8-22(27)9-5-20/h4-11,16-17H,3,12-15H2,1-2H3,(H,28,32). The Morgan fingerprint density at radius 3 is 2.52 bits per heavy atom. The molecule has 0 atom stereocenters. The number of nitrogens with one attached hydrogen (secondary N) is 1. The number of hydrogen-bond donors (Lipinski definition) is 1. The van der Waals surface area contributed by atoms with E-state index >= 15 is 0 Å². The number of hydrogen-bond acceptors (Lipinski definition) is 4. The van der Waals surface area contributed by atoms with Gasteiger partial charge in [-0.3, -0.25) is 4.79 Å². The van der Waals surface area contributed by atoms with E-state index in [-0.39, 0.29) is 11.7 Å². The highest BCUT2D eigenvalue weighted by atomic mass is 19.1. The van der Waals surface area contributed by atoms with E-state index in [0.717, 1.165) is 23.0 Å². The molecule has 0 bridgehead atoms. The van der Waals surface area contributed by atoms with Crippen molar-refractivity contribution >= 4 is 16.9 Å². The molecule has 170 valence electrons. The van der Waals surface area contributed by atoms with Crippen molar-refractivity contribution in [1.29, 1.82) is 0 Å². The first-order chi connectivity index (χ1) is 16.0. The fraction of sp³-hybridized carbons (Fsp3) is 0.269. The lowest BCUT2D eigenvalue weighted by Crippen LogP contribution is -2.25. The van der Waals surface area contributed by atoms with Gasteiger partial charge in [-0.25, -0.2) is 9.07 Å². The number of carbonyl (C=O) groups excluding carboxylic acids is 1. The van der Waals surface area contributed by atoms with Gasteiger partial charge < -0.3 is 10.1 Å². The van der Waals surface area contributed by atoms with Gasteiger partial charge in [0.05, 0.1) is 12.1 Å². The summed E-state index contributed by atoms with van der Waals surface area (Å²) >= 11 is 0. The fourth-order valence-electron chi connectivity index (χ4n) is 3.57. The first-order valence-electron chi connectivity index (χ1n) is 11.1. The molecule has 0 spiro atoms. The number of aryl methyl sites for hydroxylation is 3. The van der Waals surface area contributed by atoms with Gasteiger partial charge in [-0.2, -0.15) is 0 Å². The van der Waals surface area contributed by atoms with Crippen molar-refractivity contribution in [2.75, 3.05) is 13.2 Å². The van der Waals surface area contributed by atoms with Crippen molar-refractivity contribution in [2.24, 2.45) is 0 Å². The Kier molecular flexibility index (Phi) is 6.98. The van der Waals surface area contributed by atoms with Gasteiger partial charge in [0.2, 0.25) is 0 Å². The summed E-state index contributed by atoms with van der Waals surface area (Å²) in [5.74, 6) is 0.308. The average Bonchev–Trinajstić information content (AvgIpc) is 3.20. The number of fused-ring (bicyclic) bond motifs is 1. The SMILES string of the molecule is Cc1cc2nnn(CCCOc3ccc(C(=O)NCCc4ccc(F)cc4)cc3)c2cc1C. The third-order valence-corrected chi connectivity index (χ3v) is 5.64. The molecule has 4 rings (SSSR count). The summed E-state index contributed by atoms with van der Waals surface area (Å²) in [7, 11) is 0. The quantitative estimate of drug-likeness (QED) is 0.381. The second-order valence-electron chi connectivity index (χ2n) is 8.10. The van der Waals surface area contributed by atoms with E-state index in [1.807, 2.05) is 4.68 Å². The van der Waals surface area contributed by atoms with Crippen molar-refractivity contribution in [3.05, 3.63) is 88.7 Å². The van der Waals surface area contributed by atoms with Crippen LogP contribution in [-0.2, 0) is 13.0 Å². The summed E-state index contributed by atoms with van der Waals surface area (Å²) in [6.07, 6.45) is 1.43. The highest BCUT2D eigenvalue weighted by Crippen LogP contribution is 2.18. The number of benzene rings is 3. The first-order valence-corrected chi connectivity index (χ1v) is 11.1. The number of aromatic nitrogens is 3. The molecule has 0 saturated heterocycles. The zero-order valence-electron chi connectivity index (χ0n) is 18.8. The van der Waals surface area contributed by atoms with E-state index < -0.39 is 0 Å². The molecule has 0 fully saturated rings. The van der Waals surface area contributed by atoms with Gasteiger partial charge in [-0.15, -0.1) is 5.10 Å². The van der Waals surface area contributed by atoms with Gasteiger partial charge in [0.1, 0.15) is 17.1 Å². The minimum atomic E-state index is -0.262. The van der Waals surface area contributed by atoms with Crippen LogP contribution in [0.4, 0.5) is 4.39 Å². The Hall–Kier alpha value is -3.74. The number of amides is 1. The molecule has 0 aliphatic rings. The normalized spacial score (nSPS) is 11.0. The maximum Gasteiger partial charge on any atom is 0.251 e. The van der Waals surface area contributed by atoms with Gasteiger partial charge in [-0.05, 0) is 85.5 Å². The number of carbonyl (C=O) groups is 1. The lowest BCUT2D eigenvalue weighted by atomic mass is 10.1. The maximum atomic E-state index is 12.9. The van der Waals surface area contributed by atoms with Gasteiger partial charge in [0.15, 0.2) is 0 Å². The van der Waals surface area contributed by atoms with Gasteiger partial charge in [0, 0.05) is 25.1 Å². The molecule has 0 aliphatic heterocycles. The minimum Gasteiger partial charge on any atom is -0.494 e. The van der Waals surface area contributed by atoms with Crippen LogP contribution in [0.1, 0.15) is 33.5 Å². The Morgan fingerprint density at radius 2 is 1.76 bits per heavy atom. The van der Waals surface area contributed by atoms with E-state index in [9.17, 15) is 9.18 Å². The molecule has 6 nitrogen and oxygen atoms in total. The Labute approximate surface area is 192 Å². The van der Waals surface area contributed by atoms with Crippen LogP contribution >= 0.6 is 0 Å². The Balaban J connectivity index is 1.21. The van der Waals surface area contributed by atoms with Gasteiger partial charge in [0.25, 0.3) is 5.91 Å². The predicted molar refractivity (Wildman–Crippen MR) is 126 cm³/mol. The molecule has 33 heavy (non-hydrogen) atoms. The predicted octanol–water partition coefficient (Wildman–Crippen LogP) is 4.63. The third-order valence-electron chi connectivity index (χ3n) is 5.64. The molecule has 3 aromatic carbocycles. The maximum absolute atomic E-state index is 12.9. The van der Waals surface area contributed by atoms with Crippen molar-refractivity contribution in [2.45, 2.75) is 33.2 Å². The van der Waals surface area contributed by atoms with E-state index in [1.165, 1.54) is 23.3 Å². The molecule has 0 saturated carbocycles. The highest BCUT2D eigenvalue weighted by Gasteiger charge is 2.08. The number of nitrogens with zero attached hydrogens (tertiary/aromatic N) is 3. The number of rotatable bonds is 9. The number of halogens is 1. The average molecular weight is 447 g/mol. The summed E-state index contributed by atoms with van der Waals surface area (Å²) < 4.78 is 20.7. The fourth-order valence-corrected chi connectivity index (χ4v) is 3.57. The Morgan fingerprint density at radius 1 is 1.03 bits per heavy atom. The molecule has 1 aromatic heterocycles. The van der Waals surface area contributed by atoms with Crippen molar-refractivity contribution in [3.63, 3.8) is 0 Å². The second kappa shape index (κ2) is 10.3. The van der Waals surface area contributed by atoms with Crippen LogP contribution in [0.5, 0.6) is 5.75 Å². The smallest absolute Gasteiger partial charge is 0.251 e. The van der Waals surface area contributed by atoms with Crippen LogP contribution < -0.4 is 10.1 Å². The summed E-state index contributed by atoms with van der Waals surface area (Å²) in [5.41, 5.74) is 5.93. The monoisotopic (exact) mass is 446 g/mol. The van der Waals surface area contributed by atoms with Crippen molar-refractivity contribution in [1.82, 2.24) is 20.3 Å². The lowest BCUT2D eigenvalue weighted by Gasteiger charge is -2.09. The zero-order valence-corrected chi connectivity index (χ0v) is 18.8. The molecule has 1 amide bonds. The van der Waals surface area contributed by atoms with Crippen LogP contribution in [0.15, 0.2) is 60.7 Å². The summed E-state index contributed by atoms with van der Waals surface area (Å²) in [6, 6.07) is 17.6. The van der Waals surface area contributed by atoms with E-state index in [4.69, 9.17) is 4.74 Å². The Bertz CT molecular complexity index is 1230. The molecule has 4 aromatic rings. The topological polar surface area (TPSA) is 69.0 Å². The van der Waals surface area contributed by atoms with Crippen LogP contribution in [0, 0.1) is 19.7 Å². The lowest BCUT2D eigenvalue weighted by molar-refractivity contribution is 0.0954. The molecule has 1 N–H and O–H groups in total. The zero-order chi connectivity index (χ0) is 23.2. The molecule has 7 heteroatoms. The van der Waals surface area contributed by atoms with E-state index in [1.54, 1.807) is 36.4 Å². The molecule has 0 radical (unpaired) electrons. The minimum absolute atomic E-state index is 0.146. The van der Waals surface area contributed by atoms with Crippen molar-refractivity contribution < 1.29 is 13.9 Å². The molecular formula is C26H27FN4O2. The second-order valence-corrected chi connectivity index (χ2v) is 8.10. The third kappa shape index (κ3) is 5.74. The highest BCUT2D eigenvalue weighted by molar-refractivity contribution is 5.94. The van der Waals surface area contributed by atoms with Crippen LogP contribution in [0.3, 0.4) is 0 Å². The summed E-state index contributed by atoms with van der Waals surface area (Å²) in [4.78, 5) is 12.3. The van der Waals surface area contributed by atoms with Crippen LogP contribution in [0.2, 0.25) is 0 Å². The molecule has 0 aliphatic carbocycles. The summed E-state index contributed by atoms with van der Waals surface area (Å²) in [6.45, 7) is 5.90.